The van der Waals surface area contributed by atoms with Gasteiger partial charge < -0.3 is 0 Å². The number of halogens is 1. The normalized spacial score (nSPS) is 19.4. The van der Waals surface area contributed by atoms with Crippen LogP contribution < -0.4 is 0 Å². The zero-order chi connectivity index (χ0) is 10.1. The minimum absolute atomic E-state index is 0.284. The molecule has 1 aliphatic heterocycles. The van der Waals surface area contributed by atoms with Crippen LogP contribution in [0.1, 0.15) is 18.9 Å². The number of ketones is 1. The standard InChI is InChI=1S/C11H11BrOS/c1-7(13)5-8-6-9-10(12)3-2-4-11(9)14-8/h2-4,8H,5-6H2,1H3. The Labute approximate surface area is 96.4 Å². The largest absolute Gasteiger partial charge is 0.300 e. The maximum atomic E-state index is 11.0. The summed E-state index contributed by atoms with van der Waals surface area (Å²) < 4.78 is 1.17. The molecule has 1 heterocycles. The Hall–Kier alpha value is -0.280. The number of hydrogen-bond acceptors (Lipinski definition) is 2. The fourth-order valence-corrected chi connectivity index (χ4v) is 3.81. The van der Waals surface area contributed by atoms with Crippen molar-refractivity contribution in [1.29, 1.82) is 0 Å². The van der Waals surface area contributed by atoms with E-state index < -0.39 is 0 Å². The van der Waals surface area contributed by atoms with Gasteiger partial charge >= 0.3 is 0 Å². The van der Waals surface area contributed by atoms with Gasteiger partial charge in [-0.1, -0.05) is 22.0 Å². The first-order valence-electron chi connectivity index (χ1n) is 4.60. The van der Waals surface area contributed by atoms with Gasteiger partial charge in [0.1, 0.15) is 5.78 Å². The molecule has 0 aromatic heterocycles. The predicted octanol–water partition coefficient (Wildman–Crippen LogP) is 3.45. The third-order valence-corrected chi connectivity index (χ3v) is 4.36. The van der Waals surface area contributed by atoms with E-state index in [0.717, 1.165) is 6.42 Å². The van der Waals surface area contributed by atoms with Crippen molar-refractivity contribution in [3.8, 4) is 0 Å². The van der Waals surface area contributed by atoms with E-state index in [0.29, 0.717) is 11.7 Å². The van der Waals surface area contributed by atoms with Gasteiger partial charge in [0.15, 0.2) is 0 Å². The summed E-state index contributed by atoms with van der Waals surface area (Å²) in [7, 11) is 0. The van der Waals surface area contributed by atoms with E-state index in [1.54, 1.807) is 6.92 Å². The molecular formula is C11H11BrOS. The minimum atomic E-state index is 0.284. The van der Waals surface area contributed by atoms with Crippen molar-refractivity contribution in [3.63, 3.8) is 0 Å². The average Bonchev–Trinajstić information content (AvgIpc) is 2.47. The van der Waals surface area contributed by atoms with Crippen LogP contribution in [-0.4, -0.2) is 11.0 Å². The third kappa shape index (κ3) is 2.04. The van der Waals surface area contributed by atoms with Crippen LogP contribution in [0.15, 0.2) is 27.6 Å². The summed E-state index contributed by atoms with van der Waals surface area (Å²) in [6.45, 7) is 1.67. The number of Topliss-reactive ketones (excluding diaryl/α,β-unsaturated/α-hetero) is 1. The molecule has 0 saturated heterocycles. The lowest BCUT2D eigenvalue weighted by Crippen LogP contribution is -2.06. The fraction of sp³-hybridized carbons (Fsp3) is 0.364. The van der Waals surface area contributed by atoms with Crippen LogP contribution in [0.4, 0.5) is 0 Å². The molecule has 2 rings (SSSR count). The molecule has 1 aromatic carbocycles. The number of carbonyl (C=O) groups is 1. The molecule has 1 atom stereocenters. The summed E-state index contributed by atoms with van der Waals surface area (Å²) in [6.07, 6.45) is 1.70. The molecule has 14 heavy (non-hydrogen) atoms. The van der Waals surface area contributed by atoms with Crippen molar-refractivity contribution in [2.24, 2.45) is 0 Å². The molecule has 1 aliphatic rings. The van der Waals surface area contributed by atoms with Gasteiger partial charge in [-0.25, -0.2) is 0 Å². The maximum absolute atomic E-state index is 11.0. The summed E-state index contributed by atoms with van der Waals surface area (Å²) in [6, 6.07) is 6.24. The van der Waals surface area contributed by atoms with Crippen molar-refractivity contribution in [2.75, 3.05) is 0 Å². The third-order valence-electron chi connectivity index (χ3n) is 2.32. The SMILES string of the molecule is CC(=O)CC1Cc2c(Br)cccc2S1. The van der Waals surface area contributed by atoms with Gasteiger partial charge in [0.05, 0.1) is 0 Å². The lowest BCUT2D eigenvalue weighted by molar-refractivity contribution is -0.116. The quantitative estimate of drug-likeness (QED) is 0.819. The van der Waals surface area contributed by atoms with Crippen LogP contribution >= 0.6 is 27.7 Å². The molecule has 0 spiro atoms. The van der Waals surface area contributed by atoms with Gasteiger partial charge in [-0.05, 0) is 31.0 Å². The number of thioether (sulfide) groups is 1. The van der Waals surface area contributed by atoms with E-state index in [-0.39, 0.29) is 5.78 Å². The highest BCUT2D eigenvalue weighted by Gasteiger charge is 2.24. The molecule has 0 fully saturated rings. The summed E-state index contributed by atoms with van der Waals surface area (Å²) in [5.74, 6) is 0.284. The molecule has 0 radical (unpaired) electrons. The van der Waals surface area contributed by atoms with Gasteiger partial charge in [0.25, 0.3) is 0 Å². The molecule has 0 amide bonds. The lowest BCUT2D eigenvalue weighted by atomic mass is 10.1. The van der Waals surface area contributed by atoms with Crippen LogP contribution in [0.2, 0.25) is 0 Å². The summed E-state index contributed by atoms with van der Waals surface area (Å²) in [5, 5.41) is 0.446. The molecule has 74 valence electrons. The van der Waals surface area contributed by atoms with E-state index in [2.05, 4.69) is 28.1 Å². The summed E-state index contributed by atoms with van der Waals surface area (Å²) in [4.78, 5) is 12.3. The number of carbonyl (C=O) groups excluding carboxylic acids is 1. The monoisotopic (exact) mass is 270 g/mol. The minimum Gasteiger partial charge on any atom is -0.300 e. The highest BCUT2D eigenvalue weighted by Crippen LogP contribution is 2.41. The molecule has 0 saturated carbocycles. The van der Waals surface area contributed by atoms with E-state index in [1.807, 2.05) is 17.8 Å². The molecule has 1 nitrogen and oxygen atoms in total. The second kappa shape index (κ2) is 4.07. The zero-order valence-electron chi connectivity index (χ0n) is 7.92. The Balaban J connectivity index is 2.18. The first kappa shape index (κ1) is 10.2. The van der Waals surface area contributed by atoms with Crippen LogP contribution in [0, 0.1) is 0 Å². The number of benzene rings is 1. The molecule has 1 aromatic rings. The maximum Gasteiger partial charge on any atom is 0.130 e. The van der Waals surface area contributed by atoms with Crippen molar-refractivity contribution in [1.82, 2.24) is 0 Å². The van der Waals surface area contributed by atoms with Crippen LogP contribution in [-0.2, 0) is 11.2 Å². The van der Waals surface area contributed by atoms with Crippen molar-refractivity contribution in [3.05, 3.63) is 28.2 Å². The second-order valence-corrected chi connectivity index (χ2v) is 5.76. The predicted molar refractivity (Wildman–Crippen MR) is 62.8 cm³/mol. The Morgan fingerprint density at radius 3 is 3.07 bits per heavy atom. The topological polar surface area (TPSA) is 17.1 Å². The highest BCUT2D eigenvalue weighted by molar-refractivity contribution is 9.10. The fourth-order valence-electron chi connectivity index (χ4n) is 1.73. The molecule has 0 bridgehead atoms. The zero-order valence-corrected chi connectivity index (χ0v) is 10.3. The Bertz CT molecular complexity index is 376. The van der Waals surface area contributed by atoms with Crippen LogP contribution in [0.5, 0.6) is 0 Å². The van der Waals surface area contributed by atoms with E-state index in [4.69, 9.17) is 0 Å². The Kier molecular flexibility index (Phi) is 2.98. The van der Waals surface area contributed by atoms with Crippen LogP contribution in [0.25, 0.3) is 0 Å². The van der Waals surface area contributed by atoms with Gasteiger partial charge in [-0.15, -0.1) is 11.8 Å². The first-order chi connectivity index (χ1) is 6.66. The number of rotatable bonds is 2. The Morgan fingerprint density at radius 2 is 2.43 bits per heavy atom. The van der Waals surface area contributed by atoms with Gasteiger partial charge in [-0.3, -0.25) is 4.79 Å². The molecule has 0 N–H and O–H groups in total. The second-order valence-electron chi connectivity index (χ2n) is 3.57. The van der Waals surface area contributed by atoms with E-state index in [9.17, 15) is 4.79 Å². The average molecular weight is 271 g/mol. The molecular weight excluding hydrogens is 260 g/mol. The highest BCUT2D eigenvalue weighted by atomic mass is 79.9. The molecule has 1 unspecified atom stereocenters. The van der Waals surface area contributed by atoms with Crippen molar-refractivity contribution < 1.29 is 4.79 Å². The van der Waals surface area contributed by atoms with Gasteiger partial charge in [0.2, 0.25) is 0 Å². The first-order valence-corrected chi connectivity index (χ1v) is 6.27. The van der Waals surface area contributed by atoms with Gasteiger partial charge in [0, 0.05) is 21.0 Å². The summed E-state index contributed by atoms with van der Waals surface area (Å²) in [5.41, 5.74) is 1.36. The summed E-state index contributed by atoms with van der Waals surface area (Å²) >= 11 is 5.37. The van der Waals surface area contributed by atoms with Crippen molar-refractivity contribution in [2.45, 2.75) is 29.9 Å². The smallest absolute Gasteiger partial charge is 0.130 e. The van der Waals surface area contributed by atoms with Crippen molar-refractivity contribution >= 4 is 33.5 Å². The number of hydrogen-bond donors (Lipinski definition) is 0. The molecule has 0 aliphatic carbocycles. The van der Waals surface area contributed by atoms with Gasteiger partial charge in [-0.2, -0.15) is 0 Å². The molecule has 3 heteroatoms. The van der Waals surface area contributed by atoms with E-state index >= 15 is 0 Å². The number of fused-ring (bicyclic) bond motifs is 1. The van der Waals surface area contributed by atoms with E-state index in [1.165, 1.54) is 14.9 Å². The lowest BCUT2D eigenvalue weighted by Gasteiger charge is -2.03. The van der Waals surface area contributed by atoms with Crippen LogP contribution in [0.3, 0.4) is 0 Å². The Morgan fingerprint density at radius 1 is 1.64 bits per heavy atom.